The maximum absolute atomic E-state index is 13.0. The van der Waals surface area contributed by atoms with Gasteiger partial charge in [0.2, 0.25) is 0 Å². The highest BCUT2D eigenvalue weighted by Gasteiger charge is 2.21. The van der Waals surface area contributed by atoms with Crippen LogP contribution in [0, 0.1) is 6.92 Å². The zero-order chi connectivity index (χ0) is 28.6. The monoisotopic (exact) mass is 560 g/mol. The minimum Gasteiger partial charge on any atom is -0.334 e. The second-order valence-electron chi connectivity index (χ2n) is 11.2. The molecule has 41 heavy (non-hydrogen) atoms. The van der Waals surface area contributed by atoms with E-state index >= 15 is 0 Å². The molecule has 2 amide bonds. The first kappa shape index (κ1) is 26.5. The number of nitrogens with zero attached hydrogens (tertiary/aromatic N) is 4. The largest absolute Gasteiger partial charge is 0.334 e. The number of benzene rings is 2. The number of aromatic nitrogens is 4. The maximum atomic E-state index is 13.0. The van der Waals surface area contributed by atoms with Crippen LogP contribution in [0.1, 0.15) is 37.6 Å². The number of nitrogens with one attached hydrogen (secondary N) is 2. The molecule has 0 fully saturated rings. The molecule has 0 unspecified atom stereocenters. The highest BCUT2D eigenvalue weighted by molar-refractivity contribution is 7.08. The molecule has 0 saturated heterocycles. The summed E-state index contributed by atoms with van der Waals surface area (Å²) in [6.07, 6.45) is 3.96. The second-order valence-corrected chi connectivity index (χ2v) is 12.0. The van der Waals surface area contributed by atoms with E-state index in [0.29, 0.717) is 12.4 Å². The van der Waals surface area contributed by atoms with Gasteiger partial charge in [-0.25, -0.2) is 14.5 Å². The third kappa shape index (κ3) is 5.64. The number of rotatable bonds is 6. The number of aryl methyl sites for hydroxylation is 1. The Morgan fingerprint density at radius 2 is 1.78 bits per heavy atom. The molecule has 2 aromatic carbocycles. The van der Waals surface area contributed by atoms with Gasteiger partial charge < -0.3 is 5.32 Å². The van der Waals surface area contributed by atoms with Gasteiger partial charge in [-0.3, -0.25) is 9.72 Å². The SMILES string of the molecule is Cc1ccc(-n2nc(C(C)(C)C)cc2NC(=O)NCc2cccc(-c3cnc4cc(-c5ccsc5)ccn34)c2)cc1. The van der Waals surface area contributed by atoms with E-state index in [0.717, 1.165) is 39.4 Å². The molecule has 4 heterocycles. The van der Waals surface area contributed by atoms with Crippen molar-refractivity contribution in [3.05, 3.63) is 113 Å². The Morgan fingerprint density at radius 3 is 2.54 bits per heavy atom. The highest BCUT2D eigenvalue weighted by atomic mass is 32.1. The van der Waals surface area contributed by atoms with E-state index < -0.39 is 0 Å². The number of carbonyl (C=O) groups excluding carboxylic acids is 1. The topological polar surface area (TPSA) is 76.2 Å². The lowest BCUT2D eigenvalue weighted by molar-refractivity contribution is 0.251. The number of imidazole rings is 1. The average molecular weight is 561 g/mol. The molecule has 0 atom stereocenters. The Kier molecular flexibility index (Phi) is 6.93. The van der Waals surface area contributed by atoms with Crippen molar-refractivity contribution in [3.63, 3.8) is 0 Å². The third-order valence-electron chi connectivity index (χ3n) is 7.04. The molecule has 6 rings (SSSR count). The molecule has 4 aromatic heterocycles. The number of hydrogen-bond donors (Lipinski definition) is 2. The lowest BCUT2D eigenvalue weighted by Gasteiger charge is -2.14. The number of carbonyl (C=O) groups is 1. The van der Waals surface area contributed by atoms with Crippen LogP contribution >= 0.6 is 11.3 Å². The molecule has 2 N–H and O–H groups in total. The van der Waals surface area contributed by atoms with Crippen LogP contribution in [-0.2, 0) is 12.0 Å². The summed E-state index contributed by atoms with van der Waals surface area (Å²) in [4.78, 5) is 17.7. The Balaban J connectivity index is 1.18. The van der Waals surface area contributed by atoms with Gasteiger partial charge in [0.25, 0.3) is 0 Å². The second kappa shape index (κ2) is 10.7. The molecule has 0 aliphatic rings. The first-order chi connectivity index (χ1) is 19.7. The minimum absolute atomic E-state index is 0.160. The Labute approximate surface area is 243 Å². The molecule has 6 aromatic rings. The van der Waals surface area contributed by atoms with Crippen LogP contribution in [0.5, 0.6) is 0 Å². The summed E-state index contributed by atoms with van der Waals surface area (Å²) in [5, 5.41) is 15.0. The number of fused-ring (bicyclic) bond motifs is 1. The van der Waals surface area contributed by atoms with Crippen molar-refractivity contribution >= 4 is 28.8 Å². The number of hydrogen-bond acceptors (Lipinski definition) is 4. The van der Waals surface area contributed by atoms with Gasteiger partial charge in [0.05, 0.1) is 23.3 Å². The summed E-state index contributed by atoms with van der Waals surface area (Å²) in [7, 11) is 0. The predicted molar refractivity (Wildman–Crippen MR) is 167 cm³/mol. The summed E-state index contributed by atoms with van der Waals surface area (Å²) >= 11 is 1.69. The first-order valence-corrected chi connectivity index (χ1v) is 14.5. The summed E-state index contributed by atoms with van der Waals surface area (Å²) in [5.74, 6) is 0.623. The number of urea groups is 1. The number of pyridine rings is 1. The maximum Gasteiger partial charge on any atom is 0.320 e. The van der Waals surface area contributed by atoms with Gasteiger partial charge in [0, 0.05) is 29.8 Å². The Morgan fingerprint density at radius 1 is 0.951 bits per heavy atom. The lowest BCUT2D eigenvalue weighted by Crippen LogP contribution is -2.29. The van der Waals surface area contributed by atoms with Gasteiger partial charge in [-0.15, -0.1) is 0 Å². The molecule has 0 radical (unpaired) electrons. The third-order valence-corrected chi connectivity index (χ3v) is 7.72. The van der Waals surface area contributed by atoms with Crippen molar-refractivity contribution in [3.8, 4) is 28.1 Å². The summed E-state index contributed by atoms with van der Waals surface area (Å²) in [6, 6.07) is 24.2. The van der Waals surface area contributed by atoms with Crippen LogP contribution in [0.3, 0.4) is 0 Å². The highest BCUT2D eigenvalue weighted by Crippen LogP contribution is 2.28. The van der Waals surface area contributed by atoms with E-state index in [1.165, 1.54) is 11.1 Å². The fourth-order valence-electron chi connectivity index (χ4n) is 4.71. The quantitative estimate of drug-likeness (QED) is 0.218. The molecule has 206 valence electrons. The van der Waals surface area contributed by atoms with Crippen molar-refractivity contribution in [1.82, 2.24) is 24.5 Å². The molecule has 8 heteroatoms. The fraction of sp³-hybridized carbons (Fsp3) is 0.182. The van der Waals surface area contributed by atoms with E-state index in [1.807, 2.05) is 55.6 Å². The van der Waals surface area contributed by atoms with Crippen LogP contribution in [0.4, 0.5) is 10.6 Å². The van der Waals surface area contributed by atoms with Crippen molar-refractivity contribution < 1.29 is 4.79 Å². The van der Waals surface area contributed by atoms with Gasteiger partial charge in [-0.2, -0.15) is 16.4 Å². The van der Waals surface area contributed by atoms with Crippen molar-refractivity contribution in [1.29, 1.82) is 0 Å². The van der Waals surface area contributed by atoms with Crippen LogP contribution in [0.2, 0.25) is 0 Å². The standard InChI is InChI=1S/C33H32N6OS/c1-22-8-10-27(11-9-22)39-31(18-29(37-39)33(2,3)4)36-32(40)35-19-23-6-5-7-25(16-23)28-20-34-30-17-24(12-14-38(28)30)26-13-15-41-21-26/h5-18,20-21H,19H2,1-4H3,(H2,35,36,40). The van der Waals surface area contributed by atoms with E-state index in [-0.39, 0.29) is 11.4 Å². The number of thiophene rings is 1. The van der Waals surface area contributed by atoms with Crippen LogP contribution in [-0.4, -0.2) is 25.2 Å². The summed E-state index contributed by atoms with van der Waals surface area (Å²) in [6.45, 7) is 8.75. The molecule has 0 aliphatic carbocycles. The normalized spacial score (nSPS) is 11.6. The average Bonchev–Trinajstić information content (AvgIpc) is 3.72. The smallest absolute Gasteiger partial charge is 0.320 e. The zero-order valence-corrected chi connectivity index (χ0v) is 24.4. The van der Waals surface area contributed by atoms with Gasteiger partial charge in [0.15, 0.2) is 0 Å². The van der Waals surface area contributed by atoms with Gasteiger partial charge in [-0.1, -0.05) is 56.7 Å². The lowest BCUT2D eigenvalue weighted by atomic mass is 9.92. The van der Waals surface area contributed by atoms with E-state index in [9.17, 15) is 4.79 Å². The predicted octanol–water partition coefficient (Wildman–Crippen LogP) is 7.84. The van der Waals surface area contributed by atoms with Crippen molar-refractivity contribution in [2.75, 3.05) is 5.32 Å². The van der Waals surface area contributed by atoms with Gasteiger partial charge in [0.1, 0.15) is 11.5 Å². The van der Waals surface area contributed by atoms with E-state index in [4.69, 9.17) is 5.10 Å². The number of anilines is 1. The molecule has 0 spiro atoms. The molecular weight excluding hydrogens is 528 g/mol. The van der Waals surface area contributed by atoms with Gasteiger partial charge in [-0.05, 0) is 70.8 Å². The molecule has 7 nitrogen and oxygen atoms in total. The minimum atomic E-state index is -0.292. The van der Waals surface area contributed by atoms with E-state index in [1.54, 1.807) is 16.0 Å². The molecular formula is C33H32N6OS. The molecule has 0 bridgehead atoms. The number of amides is 2. The van der Waals surface area contributed by atoms with Crippen molar-refractivity contribution in [2.45, 2.75) is 39.7 Å². The van der Waals surface area contributed by atoms with Crippen LogP contribution < -0.4 is 10.6 Å². The zero-order valence-electron chi connectivity index (χ0n) is 23.6. The van der Waals surface area contributed by atoms with E-state index in [2.05, 4.69) is 88.1 Å². The molecule has 0 aliphatic heterocycles. The Bertz CT molecular complexity index is 1820. The fourth-order valence-corrected chi connectivity index (χ4v) is 5.37. The van der Waals surface area contributed by atoms with Crippen molar-refractivity contribution in [2.24, 2.45) is 0 Å². The summed E-state index contributed by atoms with van der Waals surface area (Å²) < 4.78 is 3.88. The van der Waals surface area contributed by atoms with Crippen LogP contribution in [0.25, 0.3) is 33.7 Å². The first-order valence-electron chi connectivity index (χ1n) is 13.6. The summed E-state index contributed by atoms with van der Waals surface area (Å²) in [5.41, 5.74) is 9.07. The Hall–Kier alpha value is -4.69. The van der Waals surface area contributed by atoms with Gasteiger partial charge >= 0.3 is 6.03 Å². The van der Waals surface area contributed by atoms with Crippen LogP contribution in [0.15, 0.2) is 96.0 Å². The molecule has 0 saturated carbocycles.